The summed E-state index contributed by atoms with van der Waals surface area (Å²) in [4.78, 5) is 9.77. The second kappa shape index (κ2) is 8.62. The number of piperazine rings is 1. The minimum absolute atomic E-state index is 0.177. The molecule has 0 saturated carbocycles. The lowest BCUT2D eigenvalue weighted by Gasteiger charge is -2.34. The monoisotopic (exact) mass is 410 g/mol. The fourth-order valence-corrected chi connectivity index (χ4v) is 4.10. The molecule has 2 aromatic carbocycles. The maximum atomic E-state index is 13.8. The van der Waals surface area contributed by atoms with Gasteiger partial charge in [-0.05, 0) is 55.8 Å². The van der Waals surface area contributed by atoms with E-state index < -0.39 is 0 Å². The van der Waals surface area contributed by atoms with Crippen molar-refractivity contribution in [1.29, 1.82) is 0 Å². The van der Waals surface area contributed by atoms with Gasteiger partial charge in [0.05, 0.1) is 17.7 Å². The van der Waals surface area contributed by atoms with Crippen LogP contribution >= 0.6 is 0 Å². The zero-order valence-electron chi connectivity index (χ0n) is 18.1. The molecule has 4 rings (SSSR count). The second-order valence-corrected chi connectivity index (χ2v) is 8.26. The number of aromatic nitrogens is 2. The van der Waals surface area contributed by atoms with Crippen molar-refractivity contribution < 1.29 is 4.39 Å². The Kier molecular flexibility index (Phi) is 5.92. The van der Waals surface area contributed by atoms with Crippen LogP contribution in [0.25, 0.3) is 11.0 Å². The number of nitrogens with one attached hydrogen (secondary N) is 1. The maximum Gasteiger partial charge on any atom is 0.204 e. The predicted molar refractivity (Wildman–Crippen MR) is 122 cm³/mol. The van der Waals surface area contributed by atoms with Gasteiger partial charge < -0.3 is 25.4 Å². The molecule has 30 heavy (non-hydrogen) atoms. The molecule has 0 radical (unpaired) electrons. The Balaban J connectivity index is 1.79. The average Bonchev–Trinajstić information content (AvgIpc) is 3.06. The summed E-state index contributed by atoms with van der Waals surface area (Å²) in [5.41, 5.74) is 11.9. The van der Waals surface area contributed by atoms with Gasteiger partial charge in [-0.3, -0.25) is 0 Å². The molecule has 6 nitrogen and oxygen atoms in total. The summed E-state index contributed by atoms with van der Waals surface area (Å²) >= 11 is 0. The molecule has 1 saturated heterocycles. The lowest BCUT2D eigenvalue weighted by molar-refractivity contribution is 0.313. The molecule has 0 bridgehead atoms. The van der Waals surface area contributed by atoms with Gasteiger partial charge in [-0.2, -0.15) is 0 Å². The Morgan fingerprint density at radius 2 is 1.87 bits per heavy atom. The first kappa shape index (κ1) is 20.6. The Morgan fingerprint density at radius 1 is 1.10 bits per heavy atom. The lowest BCUT2D eigenvalue weighted by Crippen LogP contribution is -2.44. The number of anilines is 2. The number of hydrogen-bond donors (Lipinski definition) is 2. The third-order valence-corrected chi connectivity index (χ3v) is 5.81. The molecule has 0 aliphatic carbocycles. The fourth-order valence-electron chi connectivity index (χ4n) is 4.10. The third kappa shape index (κ3) is 4.13. The Hall–Kier alpha value is -2.64. The Morgan fingerprint density at radius 3 is 2.57 bits per heavy atom. The van der Waals surface area contributed by atoms with Crippen molar-refractivity contribution in [3.8, 4) is 0 Å². The van der Waals surface area contributed by atoms with E-state index in [4.69, 9.17) is 10.7 Å². The molecule has 3 aromatic rings. The van der Waals surface area contributed by atoms with E-state index in [9.17, 15) is 4.39 Å². The lowest BCUT2D eigenvalue weighted by atomic mass is 10.1. The summed E-state index contributed by atoms with van der Waals surface area (Å²) < 4.78 is 15.9. The molecule has 0 spiro atoms. The van der Waals surface area contributed by atoms with E-state index in [-0.39, 0.29) is 5.82 Å². The van der Waals surface area contributed by atoms with Gasteiger partial charge in [-0.25, -0.2) is 9.37 Å². The molecule has 2 heterocycles. The van der Waals surface area contributed by atoms with Crippen molar-refractivity contribution >= 4 is 22.7 Å². The van der Waals surface area contributed by atoms with Gasteiger partial charge in [0.15, 0.2) is 0 Å². The first-order valence-corrected chi connectivity index (χ1v) is 10.6. The normalized spacial score (nSPS) is 15.2. The predicted octanol–water partition coefficient (Wildman–Crippen LogP) is 2.96. The number of halogens is 1. The standard InChI is InChI=1S/C23H31FN6/c1-16-12-20(29-10-8-28(3)9-11-29)22-21(13-16)30(23(27-22)26-7-6-25)15-18-4-5-19(24)17(2)14-18/h4-5,12-14H,6-11,15,25H2,1-3H3,(H,26,27). The summed E-state index contributed by atoms with van der Waals surface area (Å²) in [5, 5.41) is 3.38. The third-order valence-electron chi connectivity index (χ3n) is 5.81. The van der Waals surface area contributed by atoms with E-state index in [1.165, 1.54) is 17.3 Å². The van der Waals surface area contributed by atoms with Crippen LogP contribution in [0.5, 0.6) is 0 Å². The summed E-state index contributed by atoms with van der Waals surface area (Å²) in [6, 6.07) is 9.71. The molecule has 1 aromatic heterocycles. The summed E-state index contributed by atoms with van der Waals surface area (Å²) in [5.74, 6) is 0.627. The number of benzene rings is 2. The topological polar surface area (TPSA) is 62.4 Å². The fraction of sp³-hybridized carbons (Fsp3) is 0.435. The molecule has 0 atom stereocenters. The van der Waals surface area contributed by atoms with E-state index in [1.807, 2.05) is 12.1 Å². The number of likely N-dealkylation sites (N-methyl/N-ethyl adjacent to an activating group) is 1. The van der Waals surface area contributed by atoms with Crippen molar-refractivity contribution in [3.63, 3.8) is 0 Å². The van der Waals surface area contributed by atoms with E-state index in [0.29, 0.717) is 25.2 Å². The second-order valence-electron chi connectivity index (χ2n) is 8.26. The van der Waals surface area contributed by atoms with Crippen molar-refractivity contribution in [1.82, 2.24) is 14.5 Å². The molecule has 7 heteroatoms. The van der Waals surface area contributed by atoms with Crippen molar-refractivity contribution in [2.24, 2.45) is 5.73 Å². The Bertz CT molecular complexity index is 1040. The van der Waals surface area contributed by atoms with Gasteiger partial charge in [0, 0.05) is 39.3 Å². The summed E-state index contributed by atoms with van der Waals surface area (Å²) in [6.45, 7) is 9.80. The number of imidazole rings is 1. The molecule has 1 aliphatic heterocycles. The highest BCUT2D eigenvalue weighted by atomic mass is 19.1. The van der Waals surface area contributed by atoms with Crippen LogP contribution < -0.4 is 16.0 Å². The van der Waals surface area contributed by atoms with E-state index in [1.54, 1.807) is 6.92 Å². The smallest absolute Gasteiger partial charge is 0.204 e. The minimum Gasteiger partial charge on any atom is -0.367 e. The minimum atomic E-state index is -0.177. The largest absolute Gasteiger partial charge is 0.367 e. The zero-order valence-corrected chi connectivity index (χ0v) is 18.1. The number of hydrogen-bond acceptors (Lipinski definition) is 5. The average molecular weight is 411 g/mol. The number of fused-ring (bicyclic) bond motifs is 1. The van der Waals surface area contributed by atoms with E-state index in [0.717, 1.165) is 48.7 Å². The molecule has 1 aliphatic rings. The van der Waals surface area contributed by atoms with Crippen LogP contribution in [-0.2, 0) is 6.54 Å². The van der Waals surface area contributed by atoms with Crippen molar-refractivity contribution in [3.05, 3.63) is 52.8 Å². The molecule has 160 valence electrons. The highest BCUT2D eigenvalue weighted by molar-refractivity contribution is 5.92. The highest BCUT2D eigenvalue weighted by Crippen LogP contribution is 2.32. The van der Waals surface area contributed by atoms with Gasteiger partial charge in [-0.15, -0.1) is 0 Å². The van der Waals surface area contributed by atoms with Crippen molar-refractivity contribution in [2.75, 3.05) is 56.5 Å². The first-order chi connectivity index (χ1) is 14.5. The number of aryl methyl sites for hydroxylation is 2. The van der Waals surface area contributed by atoms with Crippen LogP contribution in [0, 0.1) is 19.7 Å². The first-order valence-electron chi connectivity index (χ1n) is 10.6. The number of nitrogens with two attached hydrogens (primary N) is 1. The van der Waals surface area contributed by atoms with E-state index >= 15 is 0 Å². The zero-order chi connectivity index (χ0) is 21.3. The van der Waals surface area contributed by atoms with Crippen LogP contribution in [0.15, 0.2) is 30.3 Å². The van der Waals surface area contributed by atoms with Crippen LogP contribution in [0.4, 0.5) is 16.0 Å². The Labute approximate surface area is 177 Å². The van der Waals surface area contributed by atoms with Gasteiger partial charge in [0.25, 0.3) is 0 Å². The van der Waals surface area contributed by atoms with Crippen LogP contribution in [0.2, 0.25) is 0 Å². The van der Waals surface area contributed by atoms with Gasteiger partial charge in [-0.1, -0.05) is 12.1 Å². The van der Waals surface area contributed by atoms with Gasteiger partial charge in [0.2, 0.25) is 5.95 Å². The van der Waals surface area contributed by atoms with Crippen molar-refractivity contribution in [2.45, 2.75) is 20.4 Å². The molecule has 0 unspecified atom stereocenters. The molecule has 1 fully saturated rings. The van der Waals surface area contributed by atoms with E-state index in [2.05, 4.69) is 45.8 Å². The quantitative estimate of drug-likeness (QED) is 0.654. The molecular weight excluding hydrogens is 379 g/mol. The number of nitrogens with zero attached hydrogens (tertiary/aromatic N) is 4. The van der Waals surface area contributed by atoms with Crippen LogP contribution in [-0.4, -0.2) is 60.8 Å². The van der Waals surface area contributed by atoms with Gasteiger partial charge in [0.1, 0.15) is 11.3 Å². The molecular formula is C23H31FN6. The molecule has 3 N–H and O–H groups in total. The van der Waals surface area contributed by atoms with Gasteiger partial charge >= 0.3 is 0 Å². The summed E-state index contributed by atoms with van der Waals surface area (Å²) in [7, 11) is 2.16. The molecule has 0 amide bonds. The van der Waals surface area contributed by atoms with Crippen LogP contribution in [0.1, 0.15) is 16.7 Å². The number of rotatable bonds is 6. The SMILES string of the molecule is Cc1cc(N2CCN(C)CC2)c2nc(NCCN)n(Cc3ccc(F)c(C)c3)c2c1. The highest BCUT2D eigenvalue weighted by Gasteiger charge is 2.21. The maximum absolute atomic E-state index is 13.8. The van der Waals surface area contributed by atoms with Crippen LogP contribution in [0.3, 0.4) is 0 Å². The summed E-state index contributed by atoms with van der Waals surface area (Å²) in [6.07, 6.45) is 0.